The van der Waals surface area contributed by atoms with Crippen LogP contribution in [0.4, 0.5) is 0 Å². The van der Waals surface area contributed by atoms with Gasteiger partial charge in [-0.3, -0.25) is 4.79 Å². The van der Waals surface area contributed by atoms with Gasteiger partial charge in [0.15, 0.2) is 5.78 Å². The average Bonchev–Trinajstić information content (AvgIpc) is 2.99. The van der Waals surface area contributed by atoms with E-state index < -0.39 is 4.08 Å². The Kier molecular flexibility index (Phi) is 3.67. The fraction of sp³-hybridized carbons (Fsp3) is 0.188. The number of ketones is 1. The van der Waals surface area contributed by atoms with Gasteiger partial charge >= 0.3 is 0 Å². The second-order valence-electron chi connectivity index (χ2n) is 4.37. The van der Waals surface area contributed by atoms with Crippen LogP contribution < -0.4 is 0 Å². The summed E-state index contributed by atoms with van der Waals surface area (Å²) in [6.07, 6.45) is 0. The minimum absolute atomic E-state index is 0.215. The predicted molar refractivity (Wildman–Crippen MR) is 83.8 cm³/mol. The van der Waals surface area contributed by atoms with Gasteiger partial charge in [0.05, 0.1) is 0 Å². The smallest absolute Gasteiger partial charge is 0.193 e. The first-order valence-electron chi connectivity index (χ1n) is 6.26. The third kappa shape index (κ3) is 2.33. The van der Waals surface area contributed by atoms with Gasteiger partial charge in [-0.05, 0) is 5.56 Å². The third-order valence-corrected chi connectivity index (χ3v) is 6.62. The summed E-state index contributed by atoms with van der Waals surface area (Å²) in [6.45, 7) is 0. The molecule has 96 valence electrons. The summed E-state index contributed by atoms with van der Waals surface area (Å²) in [7, 11) is 0. The monoisotopic (exact) mass is 286 g/mol. The van der Waals surface area contributed by atoms with Gasteiger partial charge in [-0.25, -0.2) is 0 Å². The van der Waals surface area contributed by atoms with Crippen LogP contribution in [0.2, 0.25) is 0 Å². The summed E-state index contributed by atoms with van der Waals surface area (Å²) in [5.74, 6) is 2.27. The number of rotatable bonds is 3. The maximum absolute atomic E-state index is 12.9. The summed E-state index contributed by atoms with van der Waals surface area (Å²) >= 11 is 3.52. The van der Waals surface area contributed by atoms with E-state index in [0.29, 0.717) is 0 Å². The molecule has 1 nitrogen and oxygen atoms in total. The van der Waals surface area contributed by atoms with Crippen molar-refractivity contribution in [1.82, 2.24) is 0 Å². The van der Waals surface area contributed by atoms with Crippen LogP contribution in [0.5, 0.6) is 0 Å². The standard InChI is InChI=1S/C16H14OS2/c17-15(13-7-3-1-4-8-13)16(18-11-12-19-16)14-9-5-2-6-10-14/h1-10H,11-12H2. The van der Waals surface area contributed by atoms with Crippen LogP contribution >= 0.6 is 23.5 Å². The second kappa shape index (κ2) is 5.43. The van der Waals surface area contributed by atoms with Crippen molar-refractivity contribution in [3.05, 3.63) is 71.8 Å². The number of hydrogen-bond acceptors (Lipinski definition) is 3. The number of hydrogen-bond donors (Lipinski definition) is 0. The topological polar surface area (TPSA) is 17.1 Å². The Morgan fingerprint density at radius 3 is 1.95 bits per heavy atom. The molecule has 0 N–H and O–H groups in total. The average molecular weight is 286 g/mol. The van der Waals surface area contributed by atoms with Crippen molar-refractivity contribution in [3.63, 3.8) is 0 Å². The van der Waals surface area contributed by atoms with E-state index in [4.69, 9.17) is 0 Å². The molecule has 3 heteroatoms. The first-order valence-corrected chi connectivity index (χ1v) is 8.23. The predicted octanol–water partition coefficient (Wildman–Crippen LogP) is 4.20. The number of carbonyl (C=O) groups excluding carboxylic acids is 1. The SMILES string of the molecule is O=C(c1ccccc1)C1(c2ccccc2)SCCS1. The molecule has 0 radical (unpaired) electrons. The third-order valence-electron chi connectivity index (χ3n) is 3.18. The quantitative estimate of drug-likeness (QED) is 0.787. The molecule has 1 heterocycles. The lowest BCUT2D eigenvalue weighted by Gasteiger charge is -2.26. The van der Waals surface area contributed by atoms with Crippen LogP contribution in [0.1, 0.15) is 15.9 Å². The molecule has 1 aliphatic rings. The summed E-state index contributed by atoms with van der Waals surface area (Å²) in [6, 6.07) is 19.8. The highest BCUT2D eigenvalue weighted by Gasteiger charge is 2.44. The van der Waals surface area contributed by atoms with E-state index in [1.54, 1.807) is 23.5 Å². The van der Waals surface area contributed by atoms with Crippen LogP contribution in [0.3, 0.4) is 0 Å². The molecular weight excluding hydrogens is 272 g/mol. The number of Topliss-reactive ketones (excluding diaryl/α,β-unsaturated/α-hetero) is 1. The minimum Gasteiger partial charge on any atom is -0.291 e. The first-order chi connectivity index (χ1) is 9.33. The zero-order chi connectivity index (χ0) is 13.1. The summed E-state index contributed by atoms with van der Waals surface area (Å²) in [4.78, 5) is 12.9. The molecule has 0 aromatic heterocycles. The highest BCUT2D eigenvalue weighted by molar-refractivity contribution is 8.21. The zero-order valence-corrected chi connectivity index (χ0v) is 12.0. The Morgan fingerprint density at radius 2 is 1.37 bits per heavy atom. The van der Waals surface area contributed by atoms with Crippen LogP contribution in [0, 0.1) is 0 Å². The Morgan fingerprint density at radius 1 is 0.842 bits per heavy atom. The Labute approximate surface area is 121 Å². The maximum atomic E-state index is 12.9. The van der Waals surface area contributed by atoms with E-state index in [-0.39, 0.29) is 5.78 Å². The molecule has 0 atom stereocenters. The van der Waals surface area contributed by atoms with Crippen LogP contribution in [-0.2, 0) is 4.08 Å². The molecule has 2 aromatic rings. The van der Waals surface area contributed by atoms with Gasteiger partial charge in [-0.15, -0.1) is 23.5 Å². The molecule has 0 unspecified atom stereocenters. The minimum atomic E-state index is -0.456. The molecule has 1 fully saturated rings. The van der Waals surface area contributed by atoms with E-state index in [9.17, 15) is 4.79 Å². The van der Waals surface area contributed by atoms with Crippen molar-refractivity contribution in [1.29, 1.82) is 0 Å². The molecule has 1 saturated heterocycles. The van der Waals surface area contributed by atoms with Crippen molar-refractivity contribution >= 4 is 29.3 Å². The molecule has 3 rings (SSSR count). The molecule has 2 aromatic carbocycles. The molecule has 0 amide bonds. The highest BCUT2D eigenvalue weighted by atomic mass is 32.2. The van der Waals surface area contributed by atoms with E-state index in [1.165, 1.54) is 0 Å². The van der Waals surface area contributed by atoms with Gasteiger partial charge in [0.25, 0.3) is 0 Å². The van der Waals surface area contributed by atoms with Gasteiger partial charge in [-0.1, -0.05) is 60.7 Å². The molecule has 19 heavy (non-hydrogen) atoms. The molecule has 0 saturated carbocycles. The Balaban J connectivity index is 2.05. The van der Waals surface area contributed by atoms with Gasteiger partial charge < -0.3 is 0 Å². The molecule has 0 spiro atoms. The summed E-state index contributed by atoms with van der Waals surface area (Å²) < 4.78 is -0.456. The lowest BCUT2D eigenvalue weighted by Crippen LogP contribution is -2.26. The highest BCUT2D eigenvalue weighted by Crippen LogP contribution is 2.53. The largest absolute Gasteiger partial charge is 0.291 e. The Hall–Kier alpha value is -1.19. The van der Waals surface area contributed by atoms with Crippen molar-refractivity contribution < 1.29 is 4.79 Å². The lowest BCUT2D eigenvalue weighted by molar-refractivity contribution is 0.0978. The molecule has 0 bridgehead atoms. The molecule has 0 aliphatic carbocycles. The van der Waals surface area contributed by atoms with Crippen LogP contribution in [0.25, 0.3) is 0 Å². The van der Waals surface area contributed by atoms with E-state index >= 15 is 0 Å². The number of carbonyl (C=O) groups is 1. The molecular formula is C16H14OS2. The number of thioether (sulfide) groups is 2. The van der Waals surface area contributed by atoms with E-state index in [2.05, 4.69) is 12.1 Å². The lowest BCUT2D eigenvalue weighted by atomic mass is 10.0. The van der Waals surface area contributed by atoms with Crippen molar-refractivity contribution in [3.8, 4) is 0 Å². The maximum Gasteiger partial charge on any atom is 0.193 e. The van der Waals surface area contributed by atoms with Gasteiger partial charge in [-0.2, -0.15) is 0 Å². The van der Waals surface area contributed by atoms with Crippen molar-refractivity contribution in [2.45, 2.75) is 4.08 Å². The zero-order valence-electron chi connectivity index (χ0n) is 10.4. The molecule has 1 aliphatic heterocycles. The summed E-state index contributed by atoms with van der Waals surface area (Å²) in [5, 5.41) is 0. The van der Waals surface area contributed by atoms with E-state index in [1.807, 2.05) is 48.5 Å². The van der Waals surface area contributed by atoms with Gasteiger partial charge in [0, 0.05) is 17.1 Å². The van der Waals surface area contributed by atoms with Crippen LogP contribution in [0.15, 0.2) is 60.7 Å². The van der Waals surface area contributed by atoms with E-state index in [0.717, 1.165) is 22.6 Å². The van der Waals surface area contributed by atoms with Crippen LogP contribution in [-0.4, -0.2) is 17.3 Å². The second-order valence-corrected chi connectivity index (χ2v) is 7.25. The Bertz CT molecular complexity index is 560. The van der Waals surface area contributed by atoms with Crippen molar-refractivity contribution in [2.75, 3.05) is 11.5 Å². The number of benzene rings is 2. The fourth-order valence-corrected chi connectivity index (χ4v) is 5.46. The summed E-state index contributed by atoms with van der Waals surface area (Å²) in [5.41, 5.74) is 1.91. The van der Waals surface area contributed by atoms with Gasteiger partial charge in [0.2, 0.25) is 0 Å². The first kappa shape index (κ1) is 12.8. The fourth-order valence-electron chi connectivity index (χ4n) is 2.28. The van der Waals surface area contributed by atoms with Crippen molar-refractivity contribution in [2.24, 2.45) is 0 Å². The normalized spacial score (nSPS) is 17.3. The van der Waals surface area contributed by atoms with Gasteiger partial charge in [0.1, 0.15) is 4.08 Å².